The number of aromatic nitrogens is 1. The van der Waals surface area contributed by atoms with E-state index in [1.807, 2.05) is 30.3 Å². The first-order valence-corrected chi connectivity index (χ1v) is 13.1. The maximum Gasteiger partial charge on any atom is 0.416 e. The van der Waals surface area contributed by atoms with Crippen molar-refractivity contribution in [3.63, 3.8) is 0 Å². The van der Waals surface area contributed by atoms with Gasteiger partial charge in [-0.2, -0.15) is 18.4 Å². The molecule has 0 bridgehead atoms. The molecule has 2 heterocycles. The number of fused-ring (bicyclic) bond motifs is 1. The Labute approximate surface area is 235 Å². The van der Waals surface area contributed by atoms with Gasteiger partial charge in [0.1, 0.15) is 18.1 Å². The van der Waals surface area contributed by atoms with E-state index in [4.69, 9.17) is 4.74 Å². The Morgan fingerprint density at radius 2 is 1.68 bits per heavy atom. The minimum atomic E-state index is -4.41. The van der Waals surface area contributed by atoms with Gasteiger partial charge in [-0.15, -0.1) is 0 Å². The largest absolute Gasteiger partial charge is 0.489 e. The van der Waals surface area contributed by atoms with Gasteiger partial charge in [-0.05, 0) is 67.3 Å². The predicted molar refractivity (Wildman–Crippen MR) is 146 cm³/mol. The van der Waals surface area contributed by atoms with E-state index < -0.39 is 17.2 Å². The molecule has 0 unspecified atom stereocenters. The number of nitriles is 1. The minimum absolute atomic E-state index is 0.0329. The molecule has 1 aliphatic heterocycles. The van der Waals surface area contributed by atoms with E-state index in [0.717, 1.165) is 17.7 Å². The Balaban J connectivity index is 1.33. The summed E-state index contributed by atoms with van der Waals surface area (Å²) >= 11 is 0. The third kappa shape index (κ3) is 5.78. The Morgan fingerprint density at radius 3 is 2.29 bits per heavy atom. The minimum Gasteiger partial charge on any atom is -0.489 e. The summed E-state index contributed by atoms with van der Waals surface area (Å²) < 4.78 is 44.2. The number of hydrogen-bond donors (Lipinski definition) is 0. The van der Waals surface area contributed by atoms with Crippen molar-refractivity contribution < 1.29 is 27.5 Å². The molecule has 5 rings (SSSR count). The van der Waals surface area contributed by atoms with Gasteiger partial charge in [-0.3, -0.25) is 9.59 Å². The summed E-state index contributed by atoms with van der Waals surface area (Å²) in [4.78, 5) is 32.2. The van der Waals surface area contributed by atoms with Gasteiger partial charge in [0.25, 0.3) is 5.91 Å². The van der Waals surface area contributed by atoms with Gasteiger partial charge in [-0.25, -0.2) is 4.98 Å². The van der Waals surface area contributed by atoms with Crippen molar-refractivity contribution in [1.82, 2.24) is 9.88 Å². The van der Waals surface area contributed by atoms with Crippen LogP contribution in [0.3, 0.4) is 0 Å². The highest BCUT2D eigenvalue weighted by molar-refractivity contribution is 6.08. The SMILES string of the molecule is CC(=O)c1cc(C(=O)N2CCC(C#N)(c3ccccc3)CC2)nc2ccc(OCc3ccc(C(F)(F)F)cc3)cc12. The second kappa shape index (κ2) is 11.0. The third-order valence-electron chi connectivity index (χ3n) is 7.51. The van der Waals surface area contributed by atoms with Crippen LogP contribution in [0.1, 0.15) is 57.3 Å². The maximum absolute atomic E-state index is 13.4. The summed E-state index contributed by atoms with van der Waals surface area (Å²) in [6, 6.07) is 23.1. The summed E-state index contributed by atoms with van der Waals surface area (Å²) in [5, 5.41) is 10.5. The van der Waals surface area contributed by atoms with Gasteiger partial charge in [0.2, 0.25) is 0 Å². The molecule has 0 radical (unpaired) electrons. The molecule has 9 heteroatoms. The quantitative estimate of drug-likeness (QED) is 0.246. The highest BCUT2D eigenvalue weighted by Crippen LogP contribution is 2.35. The fourth-order valence-electron chi connectivity index (χ4n) is 5.13. The van der Waals surface area contributed by atoms with E-state index in [2.05, 4.69) is 11.1 Å². The fourth-order valence-corrected chi connectivity index (χ4v) is 5.13. The summed E-state index contributed by atoms with van der Waals surface area (Å²) in [7, 11) is 0. The van der Waals surface area contributed by atoms with Crippen LogP contribution in [0.5, 0.6) is 5.75 Å². The number of carbonyl (C=O) groups is 2. The third-order valence-corrected chi connectivity index (χ3v) is 7.51. The number of ketones is 1. The molecule has 1 saturated heterocycles. The number of nitrogens with zero attached hydrogens (tertiary/aromatic N) is 3. The highest BCUT2D eigenvalue weighted by atomic mass is 19.4. The number of rotatable bonds is 6. The molecule has 6 nitrogen and oxygen atoms in total. The molecule has 0 aliphatic carbocycles. The number of amides is 1. The van der Waals surface area contributed by atoms with Crippen LogP contribution >= 0.6 is 0 Å². The second-order valence-corrected chi connectivity index (χ2v) is 10.1. The van der Waals surface area contributed by atoms with Crippen molar-refractivity contribution in [2.45, 2.75) is 38.0 Å². The Morgan fingerprint density at radius 1 is 1.00 bits per heavy atom. The normalized spacial score (nSPS) is 14.9. The van der Waals surface area contributed by atoms with Crippen LogP contribution in [0.25, 0.3) is 10.9 Å². The first-order chi connectivity index (χ1) is 19.6. The van der Waals surface area contributed by atoms with Crippen LogP contribution < -0.4 is 4.74 Å². The summed E-state index contributed by atoms with van der Waals surface area (Å²) in [6.07, 6.45) is -3.43. The monoisotopic (exact) mass is 557 g/mol. The van der Waals surface area contributed by atoms with E-state index in [-0.39, 0.29) is 24.0 Å². The molecule has 1 aliphatic rings. The van der Waals surface area contributed by atoms with Gasteiger partial charge in [-0.1, -0.05) is 42.5 Å². The number of carbonyl (C=O) groups excluding carboxylic acids is 2. The molecular formula is C32H26F3N3O3. The number of alkyl halides is 3. The van der Waals surface area contributed by atoms with E-state index in [0.29, 0.717) is 53.7 Å². The molecule has 4 aromatic rings. The van der Waals surface area contributed by atoms with Gasteiger partial charge in [0.05, 0.1) is 22.6 Å². The van der Waals surface area contributed by atoms with E-state index in [1.54, 1.807) is 23.1 Å². The zero-order valence-electron chi connectivity index (χ0n) is 22.2. The molecule has 0 N–H and O–H groups in total. The lowest BCUT2D eigenvalue weighted by atomic mass is 9.74. The van der Waals surface area contributed by atoms with Crippen LogP contribution in [0.4, 0.5) is 13.2 Å². The first-order valence-electron chi connectivity index (χ1n) is 13.1. The Bertz CT molecular complexity index is 1640. The Hall–Kier alpha value is -4.71. The average Bonchev–Trinajstić information content (AvgIpc) is 2.99. The Kier molecular flexibility index (Phi) is 7.50. The zero-order valence-corrected chi connectivity index (χ0v) is 22.2. The number of pyridine rings is 1. The smallest absolute Gasteiger partial charge is 0.416 e. The molecule has 41 heavy (non-hydrogen) atoms. The number of halogens is 3. The molecule has 1 aromatic heterocycles. The summed E-state index contributed by atoms with van der Waals surface area (Å²) in [6.45, 7) is 2.20. The predicted octanol–water partition coefficient (Wildman–Crippen LogP) is 6.73. The molecular weight excluding hydrogens is 531 g/mol. The van der Waals surface area contributed by atoms with Crippen molar-refractivity contribution in [1.29, 1.82) is 5.26 Å². The fraction of sp³-hybridized carbons (Fsp3) is 0.250. The molecule has 1 fully saturated rings. The number of ether oxygens (including phenoxy) is 1. The van der Waals surface area contributed by atoms with Crippen LogP contribution in [0.15, 0.2) is 78.9 Å². The van der Waals surface area contributed by atoms with E-state index >= 15 is 0 Å². The highest BCUT2D eigenvalue weighted by Gasteiger charge is 2.38. The van der Waals surface area contributed by atoms with Gasteiger partial charge in [0, 0.05) is 24.0 Å². The number of piperidine rings is 1. The lowest BCUT2D eigenvalue weighted by Gasteiger charge is -2.37. The van der Waals surface area contributed by atoms with Crippen molar-refractivity contribution >= 4 is 22.6 Å². The summed E-state index contributed by atoms with van der Waals surface area (Å²) in [5.41, 5.74) is 0.995. The number of Topliss-reactive ketones (excluding diaryl/α,β-unsaturated/α-hetero) is 1. The van der Waals surface area contributed by atoms with E-state index in [1.165, 1.54) is 25.1 Å². The molecule has 0 spiro atoms. The van der Waals surface area contributed by atoms with Crippen LogP contribution in [-0.4, -0.2) is 34.7 Å². The second-order valence-electron chi connectivity index (χ2n) is 10.1. The van der Waals surface area contributed by atoms with Gasteiger partial charge < -0.3 is 9.64 Å². The number of benzene rings is 3. The zero-order chi connectivity index (χ0) is 29.2. The van der Waals surface area contributed by atoms with Crippen LogP contribution in [0, 0.1) is 11.3 Å². The number of hydrogen-bond acceptors (Lipinski definition) is 5. The molecule has 0 saturated carbocycles. The number of likely N-dealkylation sites (tertiary alicyclic amines) is 1. The lowest BCUT2D eigenvalue weighted by Crippen LogP contribution is -2.44. The van der Waals surface area contributed by atoms with Crippen LogP contribution in [-0.2, 0) is 18.2 Å². The lowest BCUT2D eigenvalue weighted by molar-refractivity contribution is -0.137. The van der Waals surface area contributed by atoms with Crippen molar-refractivity contribution in [2.24, 2.45) is 0 Å². The van der Waals surface area contributed by atoms with Gasteiger partial charge >= 0.3 is 6.18 Å². The summed E-state index contributed by atoms with van der Waals surface area (Å²) in [5.74, 6) is -0.153. The van der Waals surface area contributed by atoms with E-state index in [9.17, 15) is 28.0 Å². The first kappa shape index (κ1) is 27.8. The van der Waals surface area contributed by atoms with Crippen molar-refractivity contribution in [2.75, 3.05) is 13.1 Å². The maximum atomic E-state index is 13.4. The molecule has 0 atom stereocenters. The molecule has 208 valence electrons. The molecule has 1 amide bonds. The topological polar surface area (TPSA) is 83.3 Å². The average molecular weight is 558 g/mol. The van der Waals surface area contributed by atoms with Crippen molar-refractivity contribution in [3.05, 3.63) is 107 Å². The van der Waals surface area contributed by atoms with Crippen molar-refractivity contribution in [3.8, 4) is 11.8 Å². The standard InChI is InChI=1S/C32H26F3N3O3/c1-21(39)26-18-29(30(40)38-15-13-31(20-36,14-16-38)23-5-3-2-4-6-23)37-28-12-11-25(17-27(26)28)41-19-22-7-9-24(10-8-22)32(33,34)35/h2-12,17-18H,13-16,19H2,1H3. The van der Waals surface area contributed by atoms with Gasteiger partial charge in [0.15, 0.2) is 5.78 Å². The van der Waals surface area contributed by atoms with Crippen LogP contribution in [0.2, 0.25) is 0 Å². The molecule has 3 aromatic carbocycles.